The van der Waals surface area contributed by atoms with Crippen LogP contribution < -0.4 is 5.32 Å². The summed E-state index contributed by atoms with van der Waals surface area (Å²) in [5.74, 6) is -2.14. The highest BCUT2D eigenvalue weighted by molar-refractivity contribution is 6.30. The first kappa shape index (κ1) is 16.0. The number of hydrogen-bond donors (Lipinski definition) is 2. The maximum atomic E-state index is 13.5. The van der Waals surface area contributed by atoms with Gasteiger partial charge < -0.3 is 14.8 Å². The third kappa shape index (κ3) is 3.62. The molecule has 0 unspecified atom stereocenters. The molecule has 0 fully saturated rings. The first-order chi connectivity index (χ1) is 10.4. The van der Waals surface area contributed by atoms with Crippen molar-refractivity contribution >= 4 is 23.5 Å². The van der Waals surface area contributed by atoms with Crippen molar-refractivity contribution in [1.82, 2.24) is 10.3 Å². The Balaban J connectivity index is 2.26. The molecule has 22 heavy (non-hydrogen) atoms. The van der Waals surface area contributed by atoms with Crippen molar-refractivity contribution in [3.05, 3.63) is 52.5 Å². The third-order valence-corrected chi connectivity index (χ3v) is 3.30. The molecule has 0 spiro atoms. The van der Waals surface area contributed by atoms with Crippen LogP contribution in [-0.4, -0.2) is 22.0 Å². The van der Waals surface area contributed by atoms with Crippen LogP contribution in [-0.2, 0) is 4.79 Å². The van der Waals surface area contributed by atoms with E-state index in [2.05, 4.69) is 10.3 Å². The molecule has 2 aromatic rings. The number of nitrogens with one attached hydrogen (secondary N) is 1. The third-order valence-electron chi connectivity index (χ3n) is 2.99. The van der Waals surface area contributed by atoms with Crippen LogP contribution in [0.15, 0.2) is 29.0 Å². The average molecular weight is 327 g/mol. The number of nitrogens with zero attached hydrogens (tertiary/aromatic N) is 1. The van der Waals surface area contributed by atoms with Gasteiger partial charge in [0.15, 0.2) is 12.1 Å². The van der Waals surface area contributed by atoms with E-state index in [1.165, 1.54) is 12.1 Å². The lowest BCUT2D eigenvalue weighted by molar-refractivity contribution is -0.137. The van der Waals surface area contributed by atoms with Crippen LogP contribution >= 0.6 is 11.6 Å². The fourth-order valence-corrected chi connectivity index (χ4v) is 2.02. The zero-order valence-electron chi connectivity index (χ0n) is 11.5. The average Bonchev–Trinajstić information content (AvgIpc) is 2.87. The number of carboxylic acid groups (broad SMARTS) is 1. The maximum Gasteiger partial charge on any atom is 0.305 e. The summed E-state index contributed by atoms with van der Waals surface area (Å²) in [5, 5.41) is 11.4. The Bertz CT molecular complexity index is 717. The van der Waals surface area contributed by atoms with Gasteiger partial charge in [0, 0.05) is 0 Å². The van der Waals surface area contributed by atoms with Gasteiger partial charge in [-0.25, -0.2) is 9.37 Å². The number of rotatable bonds is 5. The number of oxazole rings is 1. The predicted molar refractivity (Wildman–Crippen MR) is 75.1 cm³/mol. The molecule has 8 heteroatoms. The van der Waals surface area contributed by atoms with Gasteiger partial charge in [-0.3, -0.25) is 9.59 Å². The molecule has 1 atom stereocenters. The lowest BCUT2D eigenvalue weighted by atomic mass is 10.0. The highest BCUT2D eigenvalue weighted by Gasteiger charge is 2.22. The van der Waals surface area contributed by atoms with Crippen LogP contribution in [0.3, 0.4) is 0 Å². The normalized spacial score (nSPS) is 12.0. The lowest BCUT2D eigenvalue weighted by Crippen LogP contribution is -2.31. The number of carbonyl (C=O) groups is 2. The predicted octanol–water partition coefficient (Wildman–Crippen LogP) is 2.72. The molecule has 0 aliphatic carbocycles. The molecule has 1 amide bonds. The first-order valence-corrected chi connectivity index (χ1v) is 6.64. The molecule has 0 saturated carbocycles. The van der Waals surface area contributed by atoms with Gasteiger partial charge in [0.25, 0.3) is 5.91 Å². The van der Waals surface area contributed by atoms with Crippen LogP contribution in [0, 0.1) is 12.7 Å². The molecule has 6 nitrogen and oxygen atoms in total. The Kier molecular flexibility index (Phi) is 4.77. The topological polar surface area (TPSA) is 92.4 Å². The van der Waals surface area contributed by atoms with Gasteiger partial charge in [-0.15, -0.1) is 0 Å². The summed E-state index contributed by atoms with van der Waals surface area (Å²) in [6.07, 6.45) is 0.697. The second kappa shape index (κ2) is 6.57. The smallest absolute Gasteiger partial charge is 0.305 e. The summed E-state index contributed by atoms with van der Waals surface area (Å²) in [6, 6.07) is 2.92. The molecule has 1 aromatic heterocycles. The summed E-state index contributed by atoms with van der Waals surface area (Å²) >= 11 is 5.60. The number of aromatic nitrogens is 1. The summed E-state index contributed by atoms with van der Waals surface area (Å²) in [7, 11) is 0. The minimum Gasteiger partial charge on any atom is -0.481 e. The molecule has 1 heterocycles. The molecular formula is C14H12ClFN2O4. The minimum atomic E-state index is -1.14. The summed E-state index contributed by atoms with van der Waals surface area (Å²) in [4.78, 5) is 26.8. The molecule has 0 bridgehead atoms. The summed E-state index contributed by atoms with van der Waals surface area (Å²) < 4.78 is 18.5. The minimum absolute atomic E-state index is 0.0461. The van der Waals surface area contributed by atoms with Crippen molar-refractivity contribution in [2.24, 2.45) is 0 Å². The number of aliphatic carboxylic acids is 1. The molecule has 0 radical (unpaired) electrons. The van der Waals surface area contributed by atoms with E-state index in [1.807, 2.05) is 0 Å². The van der Waals surface area contributed by atoms with Gasteiger partial charge >= 0.3 is 5.97 Å². The van der Waals surface area contributed by atoms with Crippen LogP contribution in [0.2, 0.25) is 5.02 Å². The molecule has 0 aliphatic heterocycles. The monoisotopic (exact) mass is 326 g/mol. The van der Waals surface area contributed by atoms with Crippen molar-refractivity contribution in [2.75, 3.05) is 0 Å². The number of carboxylic acids is 1. The van der Waals surface area contributed by atoms with E-state index < -0.39 is 30.2 Å². The van der Waals surface area contributed by atoms with Crippen LogP contribution in [0.4, 0.5) is 4.39 Å². The molecule has 0 saturated heterocycles. The van der Waals surface area contributed by atoms with Gasteiger partial charge in [0.05, 0.1) is 17.5 Å². The SMILES string of the molecule is Cc1ocnc1C(=O)N[C@H](CC(=O)O)c1ccc(Cl)c(F)c1. The Morgan fingerprint density at radius 3 is 2.77 bits per heavy atom. The Labute approximate surface area is 129 Å². The molecule has 0 aliphatic rings. The highest BCUT2D eigenvalue weighted by Crippen LogP contribution is 2.23. The van der Waals surface area contributed by atoms with E-state index in [4.69, 9.17) is 21.1 Å². The Hall–Kier alpha value is -2.41. The van der Waals surface area contributed by atoms with Crippen LogP contribution in [0.5, 0.6) is 0 Å². The number of amides is 1. The second-order valence-electron chi connectivity index (χ2n) is 4.55. The molecule has 2 N–H and O–H groups in total. The fraction of sp³-hybridized carbons (Fsp3) is 0.214. The summed E-state index contributed by atoms with van der Waals surface area (Å²) in [6.45, 7) is 1.55. The lowest BCUT2D eigenvalue weighted by Gasteiger charge is -2.17. The van der Waals surface area contributed by atoms with Gasteiger partial charge in [-0.1, -0.05) is 17.7 Å². The second-order valence-corrected chi connectivity index (χ2v) is 4.96. The van der Waals surface area contributed by atoms with Gasteiger partial charge in [0.2, 0.25) is 0 Å². The van der Waals surface area contributed by atoms with Crippen LogP contribution in [0.25, 0.3) is 0 Å². The number of aryl methyl sites for hydroxylation is 1. The Morgan fingerprint density at radius 1 is 1.50 bits per heavy atom. The molecule has 1 aromatic carbocycles. The zero-order chi connectivity index (χ0) is 16.3. The summed E-state index contributed by atoms with van der Waals surface area (Å²) in [5.41, 5.74) is 0.337. The number of benzene rings is 1. The van der Waals surface area contributed by atoms with E-state index in [9.17, 15) is 14.0 Å². The highest BCUT2D eigenvalue weighted by atomic mass is 35.5. The quantitative estimate of drug-likeness (QED) is 0.881. The van der Waals surface area contributed by atoms with Crippen molar-refractivity contribution in [3.8, 4) is 0 Å². The van der Waals surface area contributed by atoms with Crippen molar-refractivity contribution in [2.45, 2.75) is 19.4 Å². The molecular weight excluding hydrogens is 315 g/mol. The fourth-order valence-electron chi connectivity index (χ4n) is 1.91. The van der Waals surface area contributed by atoms with E-state index in [0.717, 1.165) is 12.5 Å². The van der Waals surface area contributed by atoms with Crippen molar-refractivity contribution in [3.63, 3.8) is 0 Å². The largest absolute Gasteiger partial charge is 0.481 e. The van der Waals surface area contributed by atoms with Crippen molar-refractivity contribution < 1.29 is 23.5 Å². The number of hydrogen-bond acceptors (Lipinski definition) is 4. The Morgan fingerprint density at radius 2 is 2.23 bits per heavy atom. The van der Waals surface area contributed by atoms with E-state index >= 15 is 0 Å². The molecule has 2 rings (SSSR count). The number of carbonyl (C=O) groups excluding carboxylic acids is 1. The van der Waals surface area contributed by atoms with Crippen molar-refractivity contribution in [1.29, 1.82) is 0 Å². The maximum absolute atomic E-state index is 13.5. The van der Waals surface area contributed by atoms with E-state index in [-0.39, 0.29) is 10.7 Å². The van der Waals surface area contributed by atoms with Gasteiger partial charge in [0.1, 0.15) is 11.6 Å². The standard InChI is InChI=1S/C14H12ClFN2O4/c1-7-13(17-6-22-7)14(21)18-11(5-12(19)20)8-2-3-9(15)10(16)4-8/h2-4,6,11H,5H2,1H3,(H,18,21)(H,19,20)/t11-/m1/s1. The van der Waals surface area contributed by atoms with Gasteiger partial charge in [-0.05, 0) is 24.6 Å². The zero-order valence-corrected chi connectivity index (χ0v) is 12.2. The van der Waals surface area contributed by atoms with Gasteiger partial charge in [-0.2, -0.15) is 0 Å². The molecule has 116 valence electrons. The first-order valence-electron chi connectivity index (χ1n) is 6.26. The van der Waals surface area contributed by atoms with E-state index in [1.54, 1.807) is 6.92 Å². The van der Waals surface area contributed by atoms with E-state index in [0.29, 0.717) is 11.3 Å². The number of halogens is 2. The van der Waals surface area contributed by atoms with Crippen LogP contribution in [0.1, 0.15) is 34.3 Å².